The standard InChI is InChI=1S/C21H18N2O2/c24-21(23-16-18-8-4-5-14-22-18)13-12-17-7-6-11-20(15-17)25-19-9-2-1-3-10-19/h1-15H,16H2,(H,23,24)/b13-12+. The minimum atomic E-state index is -0.167. The predicted molar refractivity (Wildman–Crippen MR) is 98.1 cm³/mol. The lowest BCUT2D eigenvalue weighted by Gasteiger charge is -2.06. The average molecular weight is 330 g/mol. The third-order valence-corrected chi connectivity index (χ3v) is 3.43. The molecule has 3 rings (SSSR count). The highest BCUT2D eigenvalue weighted by molar-refractivity contribution is 5.91. The molecular formula is C21H18N2O2. The number of nitrogens with zero attached hydrogens (tertiary/aromatic N) is 1. The van der Waals surface area contributed by atoms with Crippen LogP contribution in [-0.4, -0.2) is 10.9 Å². The fourth-order valence-electron chi connectivity index (χ4n) is 2.22. The number of pyridine rings is 1. The highest BCUT2D eigenvalue weighted by Crippen LogP contribution is 2.22. The molecule has 1 N–H and O–H groups in total. The Morgan fingerprint density at radius 3 is 2.56 bits per heavy atom. The second-order valence-corrected chi connectivity index (χ2v) is 5.36. The Morgan fingerprint density at radius 1 is 0.960 bits per heavy atom. The van der Waals surface area contributed by atoms with Crippen molar-refractivity contribution in [3.8, 4) is 11.5 Å². The number of nitrogens with one attached hydrogen (secondary N) is 1. The van der Waals surface area contributed by atoms with Crippen LogP contribution in [0.1, 0.15) is 11.3 Å². The van der Waals surface area contributed by atoms with Crippen molar-refractivity contribution in [1.82, 2.24) is 10.3 Å². The first-order chi connectivity index (χ1) is 12.3. The summed E-state index contributed by atoms with van der Waals surface area (Å²) in [5.41, 5.74) is 1.71. The summed E-state index contributed by atoms with van der Waals surface area (Å²) in [6.45, 7) is 0.404. The zero-order chi connectivity index (χ0) is 17.3. The molecule has 0 unspecified atom stereocenters. The molecule has 25 heavy (non-hydrogen) atoms. The van der Waals surface area contributed by atoms with Crippen molar-refractivity contribution >= 4 is 12.0 Å². The Morgan fingerprint density at radius 2 is 1.76 bits per heavy atom. The summed E-state index contributed by atoms with van der Waals surface area (Å²) in [5, 5.41) is 2.80. The number of para-hydroxylation sites is 1. The second kappa shape index (κ2) is 8.45. The second-order valence-electron chi connectivity index (χ2n) is 5.36. The largest absolute Gasteiger partial charge is 0.457 e. The van der Waals surface area contributed by atoms with Crippen molar-refractivity contribution in [3.05, 3.63) is 96.3 Å². The number of carbonyl (C=O) groups excluding carboxylic acids is 1. The van der Waals surface area contributed by atoms with Crippen LogP contribution in [0.4, 0.5) is 0 Å². The van der Waals surface area contributed by atoms with Crippen molar-refractivity contribution in [1.29, 1.82) is 0 Å². The topological polar surface area (TPSA) is 51.2 Å². The van der Waals surface area contributed by atoms with Crippen molar-refractivity contribution in [2.45, 2.75) is 6.54 Å². The lowest BCUT2D eigenvalue weighted by molar-refractivity contribution is -0.116. The Bertz CT molecular complexity index is 846. The van der Waals surface area contributed by atoms with Crippen LogP contribution >= 0.6 is 0 Å². The van der Waals surface area contributed by atoms with Crippen molar-refractivity contribution in [3.63, 3.8) is 0 Å². The smallest absolute Gasteiger partial charge is 0.244 e. The molecule has 0 atom stereocenters. The van der Waals surface area contributed by atoms with Gasteiger partial charge in [-0.25, -0.2) is 0 Å². The van der Waals surface area contributed by atoms with E-state index in [9.17, 15) is 4.79 Å². The first-order valence-electron chi connectivity index (χ1n) is 7.98. The molecule has 124 valence electrons. The minimum Gasteiger partial charge on any atom is -0.457 e. The fourth-order valence-corrected chi connectivity index (χ4v) is 2.22. The van der Waals surface area contributed by atoms with Gasteiger partial charge in [-0.1, -0.05) is 36.4 Å². The number of amides is 1. The monoisotopic (exact) mass is 330 g/mol. The molecule has 2 aromatic carbocycles. The van der Waals surface area contributed by atoms with E-state index in [2.05, 4.69) is 10.3 Å². The van der Waals surface area contributed by atoms with Gasteiger partial charge in [0.05, 0.1) is 12.2 Å². The van der Waals surface area contributed by atoms with Crippen LogP contribution in [-0.2, 0) is 11.3 Å². The maximum atomic E-state index is 11.9. The number of aromatic nitrogens is 1. The molecule has 4 nitrogen and oxygen atoms in total. The van der Waals surface area contributed by atoms with Gasteiger partial charge in [-0.3, -0.25) is 9.78 Å². The molecule has 1 heterocycles. The number of carbonyl (C=O) groups is 1. The van der Waals surface area contributed by atoms with Crippen molar-refractivity contribution in [2.75, 3.05) is 0 Å². The van der Waals surface area contributed by atoms with Crippen LogP contribution in [0, 0.1) is 0 Å². The van der Waals surface area contributed by atoms with Crippen LogP contribution < -0.4 is 10.1 Å². The molecule has 4 heteroatoms. The van der Waals surface area contributed by atoms with Crippen LogP contribution in [0.25, 0.3) is 6.08 Å². The van der Waals surface area contributed by atoms with Crippen LogP contribution in [0.5, 0.6) is 11.5 Å². The Labute approximate surface area is 146 Å². The number of hydrogen-bond donors (Lipinski definition) is 1. The summed E-state index contributed by atoms with van der Waals surface area (Å²) in [7, 11) is 0. The van der Waals surface area contributed by atoms with Gasteiger partial charge in [0.1, 0.15) is 11.5 Å². The van der Waals surface area contributed by atoms with Gasteiger partial charge in [0.2, 0.25) is 5.91 Å². The van der Waals surface area contributed by atoms with E-state index >= 15 is 0 Å². The van der Waals surface area contributed by atoms with Gasteiger partial charge >= 0.3 is 0 Å². The van der Waals surface area contributed by atoms with Gasteiger partial charge in [-0.2, -0.15) is 0 Å². The van der Waals surface area contributed by atoms with E-state index in [0.29, 0.717) is 6.54 Å². The highest BCUT2D eigenvalue weighted by Gasteiger charge is 1.99. The molecule has 0 fully saturated rings. The SMILES string of the molecule is O=C(/C=C/c1cccc(Oc2ccccc2)c1)NCc1ccccn1. The van der Waals surface area contributed by atoms with Crippen molar-refractivity contribution in [2.24, 2.45) is 0 Å². The van der Waals surface area contributed by atoms with Gasteiger partial charge < -0.3 is 10.1 Å². The van der Waals surface area contributed by atoms with E-state index < -0.39 is 0 Å². The quantitative estimate of drug-likeness (QED) is 0.689. The number of ether oxygens (including phenoxy) is 1. The maximum absolute atomic E-state index is 11.9. The van der Waals surface area contributed by atoms with Gasteiger partial charge in [-0.05, 0) is 48.0 Å². The summed E-state index contributed by atoms with van der Waals surface area (Å²) >= 11 is 0. The lowest BCUT2D eigenvalue weighted by Crippen LogP contribution is -2.20. The third kappa shape index (κ3) is 5.32. The molecule has 1 amide bonds. The Balaban J connectivity index is 1.57. The van der Waals surface area contributed by atoms with Gasteiger partial charge in [0.25, 0.3) is 0 Å². The summed E-state index contributed by atoms with van der Waals surface area (Å²) < 4.78 is 5.79. The van der Waals surface area contributed by atoms with Crippen LogP contribution in [0.3, 0.4) is 0 Å². The van der Waals surface area contributed by atoms with E-state index in [4.69, 9.17) is 4.74 Å². The number of hydrogen-bond acceptors (Lipinski definition) is 3. The van der Waals surface area contributed by atoms with Crippen molar-refractivity contribution < 1.29 is 9.53 Å². The van der Waals surface area contributed by atoms with Crippen LogP contribution in [0.15, 0.2) is 85.1 Å². The molecule has 0 spiro atoms. The average Bonchev–Trinajstić information content (AvgIpc) is 2.67. The Hall–Kier alpha value is -3.40. The predicted octanol–water partition coefficient (Wildman–Crippen LogP) is 4.20. The molecule has 0 aliphatic heterocycles. The number of rotatable bonds is 6. The lowest BCUT2D eigenvalue weighted by atomic mass is 10.2. The minimum absolute atomic E-state index is 0.167. The Kier molecular flexibility index (Phi) is 5.56. The zero-order valence-electron chi connectivity index (χ0n) is 13.6. The van der Waals surface area contributed by atoms with E-state index in [1.54, 1.807) is 12.3 Å². The molecule has 1 aromatic heterocycles. The van der Waals surface area contributed by atoms with Crippen LogP contribution in [0.2, 0.25) is 0 Å². The third-order valence-electron chi connectivity index (χ3n) is 3.43. The molecule has 0 saturated carbocycles. The molecular weight excluding hydrogens is 312 g/mol. The molecule has 0 aliphatic rings. The first kappa shape index (κ1) is 16.5. The molecule has 0 saturated heterocycles. The summed E-state index contributed by atoms with van der Waals surface area (Å²) in [6.07, 6.45) is 4.96. The van der Waals surface area contributed by atoms with Gasteiger partial charge in [0, 0.05) is 12.3 Å². The summed E-state index contributed by atoms with van der Waals surface area (Å²) in [6, 6.07) is 22.8. The van der Waals surface area contributed by atoms with E-state index in [-0.39, 0.29) is 5.91 Å². The van der Waals surface area contributed by atoms with Gasteiger partial charge in [-0.15, -0.1) is 0 Å². The normalized spacial score (nSPS) is 10.6. The summed E-state index contributed by atoms with van der Waals surface area (Å²) in [5.74, 6) is 1.33. The van der Waals surface area contributed by atoms with E-state index in [1.165, 1.54) is 6.08 Å². The van der Waals surface area contributed by atoms with Gasteiger partial charge in [0.15, 0.2) is 0 Å². The molecule has 0 bridgehead atoms. The number of benzene rings is 2. The first-order valence-corrected chi connectivity index (χ1v) is 7.98. The van der Waals surface area contributed by atoms with E-state index in [0.717, 1.165) is 22.8 Å². The maximum Gasteiger partial charge on any atom is 0.244 e. The molecule has 0 radical (unpaired) electrons. The summed E-state index contributed by atoms with van der Waals surface area (Å²) in [4.78, 5) is 16.1. The zero-order valence-corrected chi connectivity index (χ0v) is 13.6. The van der Waals surface area contributed by atoms with E-state index in [1.807, 2.05) is 72.8 Å². The fraction of sp³-hybridized carbons (Fsp3) is 0.0476. The molecule has 3 aromatic rings. The highest BCUT2D eigenvalue weighted by atomic mass is 16.5. The molecule has 0 aliphatic carbocycles.